The van der Waals surface area contributed by atoms with Crippen LogP contribution in [0.1, 0.15) is 5.69 Å². The quantitative estimate of drug-likeness (QED) is 0.886. The molecule has 2 rings (SSSR count). The first-order valence-electron chi connectivity index (χ1n) is 6.24. The number of methoxy groups -OCH3 is 1. The molecule has 1 heterocycles. The first-order chi connectivity index (χ1) is 10.0. The minimum Gasteiger partial charge on any atom is -0.384 e. The summed E-state index contributed by atoms with van der Waals surface area (Å²) in [5, 5.41) is 0.361. The highest BCUT2D eigenvalue weighted by Crippen LogP contribution is 2.18. The molecule has 1 aromatic heterocycles. The van der Waals surface area contributed by atoms with E-state index in [0.717, 1.165) is 5.69 Å². The minimum atomic E-state index is -3.70. The van der Waals surface area contributed by atoms with Crippen LogP contribution in [0.4, 0.5) is 5.82 Å². The highest BCUT2D eigenvalue weighted by molar-refractivity contribution is 7.92. The summed E-state index contributed by atoms with van der Waals surface area (Å²) in [6, 6.07) is 11.2. The number of anilines is 1. The Hall–Kier alpha value is -1.63. The monoisotopic (exact) mass is 326 g/mol. The Labute approximate surface area is 129 Å². The Bertz CT molecular complexity index is 720. The van der Waals surface area contributed by atoms with Gasteiger partial charge in [-0.2, -0.15) is 0 Å². The number of halogens is 1. The van der Waals surface area contributed by atoms with Gasteiger partial charge < -0.3 is 4.74 Å². The Kier molecular flexibility index (Phi) is 5.17. The smallest absolute Gasteiger partial charge is 0.263 e. The van der Waals surface area contributed by atoms with E-state index >= 15 is 0 Å². The number of pyridine rings is 1. The molecule has 0 atom stereocenters. The molecule has 0 bridgehead atoms. The number of hydrogen-bond donors (Lipinski definition) is 1. The largest absolute Gasteiger partial charge is 0.384 e. The van der Waals surface area contributed by atoms with Gasteiger partial charge in [0, 0.05) is 24.2 Å². The summed E-state index contributed by atoms with van der Waals surface area (Å²) in [7, 11) is -2.10. The molecule has 112 valence electrons. The molecule has 5 nitrogen and oxygen atoms in total. The molecule has 0 radical (unpaired) electrons. The predicted octanol–water partition coefficient (Wildman–Crippen LogP) is 2.72. The lowest BCUT2D eigenvalue weighted by molar-refractivity contribution is 0.201. The number of benzene rings is 1. The van der Waals surface area contributed by atoms with E-state index in [-0.39, 0.29) is 10.7 Å². The van der Waals surface area contributed by atoms with Gasteiger partial charge in [-0.15, -0.1) is 0 Å². The molecule has 0 spiro atoms. The molecule has 0 fully saturated rings. The van der Waals surface area contributed by atoms with Gasteiger partial charge in [-0.3, -0.25) is 4.72 Å². The van der Waals surface area contributed by atoms with E-state index in [1.54, 1.807) is 31.4 Å². The van der Waals surface area contributed by atoms with Gasteiger partial charge in [-0.1, -0.05) is 23.7 Å². The zero-order valence-corrected chi connectivity index (χ0v) is 13.0. The second-order valence-electron chi connectivity index (χ2n) is 4.32. The first-order valence-corrected chi connectivity index (χ1v) is 8.10. The van der Waals surface area contributed by atoms with Crippen molar-refractivity contribution in [3.8, 4) is 0 Å². The summed E-state index contributed by atoms with van der Waals surface area (Å²) in [5.74, 6) is 0.267. The standard InChI is InChI=1S/C14H15ClN2O3S/c1-20-9-8-12-5-3-7-14(16-12)17-21(18,19)13-6-2-4-11(15)10-13/h2-7,10H,8-9H2,1H3,(H,16,17). The van der Waals surface area contributed by atoms with Crippen LogP contribution in [-0.2, 0) is 21.2 Å². The fraction of sp³-hybridized carbons (Fsp3) is 0.214. The molecular formula is C14H15ClN2O3S. The van der Waals surface area contributed by atoms with E-state index in [9.17, 15) is 8.42 Å². The molecule has 7 heteroatoms. The van der Waals surface area contributed by atoms with Gasteiger partial charge >= 0.3 is 0 Å². The maximum Gasteiger partial charge on any atom is 0.263 e. The fourth-order valence-electron chi connectivity index (χ4n) is 1.71. The van der Waals surface area contributed by atoms with E-state index in [4.69, 9.17) is 16.3 Å². The summed E-state index contributed by atoms with van der Waals surface area (Å²) in [6.45, 7) is 0.525. The number of hydrogen-bond acceptors (Lipinski definition) is 4. The Morgan fingerprint density at radius 3 is 2.71 bits per heavy atom. The molecule has 0 saturated carbocycles. The zero-order valence-electron chi connectivity index (χ0n) is 11.4. The number of ether oxygens (including phenoxy) is 1. The van der Waals surface area contributed by atoms with Crippen LogP contribution in [0.15, 0.2) is 47.4 Å². The fourth-order valence-corrected chi connectivity index (χ4v) is 3.01. The van der Waals surface area contributed by atoms with Crippen molar-refractivity contribution in [2.24, 2.45) is 0 Å². The second-order valence-corrected chi connectivity index (χ2v) is 6.44. The Balaban J connectivity index is 2.20. The average Bonchev–Trinajstić information content (AvgIpc) is 2.45. The zero-order chi connectivity index (χ0) is 15.3. The number of sulfonamides is 1. The van der Waals surface area contributed by atoms with Crippen LogP contribution in [0.25, 0.3) is 0 Å². The third-order valence-corrected chi connectivity index (χ3v) is 4.30. The van der Waals surface area contributed by atoms with E-state index in [1.807, 2.05) is 6.07 Å². The van der Waals surface area contributed by atoms with Crippen molar-refractivity contribution in [3.63, 3.8) is 0 Å². The highest BCUT2D eigenvalue weighted by atomic mass is 35.5. The van der Waals surface area contributed by atoms with Crippen molar-refractivity contribution in [2.75, 3.05) is 18.4 Å². The Morgan fingerprint density at radius 2 is 2.00 bits per heavy atom. The molecule has 21 heavy (non-hydrogen) atoms. The van der Waals surface area contributed by atoms with Crippen LogP contribution in [0.5, 0.6) is 0 Å². The summed E-state index contributed by atoms with van der Waals surface area (Å²) in [4.78, 5) is 4.34. The van der Waals surface area contributed by atoms with Crippen LogP contribution in [0.3, 0.4) is 0 Å². The Morgan fingerprint density at radius 1 is 1.24 bits per heavy atom. The maximum atomic E-state index is 12.2. The van der Waals surface area contributed by atoms with Crippen molar-refractivity contribution in [3.05, 3.63) is 53.2 Å². The first kappa shape index (κ1) is 15.8. The van der Waals surface area contributed by atoms with Crippen LogP contribution in [-0.4, -0.2) is 27.1 Å². The lowest BCUT2D eigenvalue weighted by Crippen LogP contribution is -2.14. The molecule has 2 aromatic rings. The number of nitrogens with one attached hydrogen (secondary N) is 1. The van der Waals surface area contributed by atoms with Gasteiger partial charge in [0.15, 0.2) is 0 Å². The van der Waals surface area contributed by atoms with Gasteiger partial charge in [0.1, 0.15) is 5.82 Å². The van der Waals surface area contributed by atoms with Crippen molar-refractivity contribution in [1.29, 1.82) is 0 Å². The van der Waals surface area contributed by atoms with Crippen molar-refractivity contribution in [1.82, 2.24) is 4.98 Å². The van der Waals surface area contributed by atoms with E-state index in [0.29, 0.717) is 18.1 Å². The van der Waals surface area contributed by atoms with Crippen LogP contribution < -0.4 is 4.72 Å². The SMILES string of the molecule is COCCc1cccc(NS(=O)(=O)c2cccc(Cl)c2)n1. The van der Waals surface area contributed by atoms with Gasteiger partial charge in [-0.05, 0) is 30.3 Å². The molecule has 0 amide bonds. The summed E-state index contributed by atoms with van der Waals surface area (Å²) < 4.78 is 31.9. The lowest BCUT2D eigenvalue weighted by atomic mass is 10.3. The summed E-state index contributed by atoms with van der Waals surface area (Å²) in [5.41, 5.74) is 0.753. The van der Waals surface area contributed by atoms with Gasteiger partial charge in [0.25, 0.3) is 10.0 Å². The van der Waals surface area contributed by atoms with Gasteiger partial charge in [0.05, 0.1) is 11.5 Å². The van der Waals surface area contributed by atoms with Gasteiger partial charge in [-0.25, -0.2) is 13.4 Å². The van der Waals surface area contributed by atoms with Crippen molar-refractivity contribution >= 4 is 27.4 Å². The number of rotatable bonds is 6. The van der Waals surface area contributed by atoms with E-state index in [2.05, 4.69) is 9.71 Å². The molecule has 0 saturated heterocycles. The molecule has 0 unspecified atom stereocenters. The summed E-state index contributed by atoms with van der Waals surface area (Å²) in [6.07, 6.45) is 0.614. The molecule has 0 aliphatic carbocycles. The third kappa shape index (κ3) is 4.42. The van der Waals surface area contributed by atoms with E-state index < -0.39 is 10.0 Å². The highest BCUT2D eigenvalue weighted by Gasteiger charge is 2.15. The molecule has 0 aliphatic heterocycles. The topological polar surface area (TPSA) is 68.3 Å². The molecule has 1 N–H and O–H groups in total. The maximum absolute atomic E-state index is 12.2. The second kappa shape index (κ2) is 6.89. The van der Waals surface area contributed by atoms with Crippen LogP contribution in [0.2, 0.25) is 5.02 Å². The van der Waals surface area contributed by atoms with Crippen LogP contribution in [0, 0.1) is 0 Å². The average molecular weight is 327 g/mol. The number of aromatic nitrogens is 1. The van der Waals surface area contributed by atoms with Crippen molar-refractivity contribution < 1.29 is 13.2 Å². The third-order valence-electron chi connectivity index (χ3n) is 2.71. The molecular weight excluding hydrogens is 312 g/mol. The predicted molar refractivity (Wildman–Crippen MR) is 82.1 cm³/mol. The van der Waals surface area contributed by atoms with E-state index in [1.165, 1.54) is 12.1 Å². The van der Waals surface area contributed by atoms with Crippen molar-refractivity contribution in [2.45, 2.75) is 11.3 Å². The minimum absolute atomic E-state index is 0.0964. The molecule has 1 aromatic carbocycles. The molecule has 0 aliphatic rings. The number of nitrogens with zero attached hydrogens (tertiary/aromatic N) is 1. The van der Waals surface area contributed by atoms with Crippen LogP contribution >= 0.6 is 11.6 Å². The lowest BCUT2D eigenvalue weighted by Gasteiger charge is -2.09. The summed E-state index contributed by atoms with van der Waals surface area (Å²) >= 11 is 5.81. The van der Waals surface area contributed by atoms with Gasteiger partial charge in [0.2, 0.25) is 0 Å². The normalized spacial score (nSPS) is 11.3.